The van der Waals surface area contributed by atoms with Crippen molar-refractivity contribution in [1.29, 1.82) is 0 Å². The van der Waals surface area contributed by atoms with Gasteiger partial charge in [0, 0.05) is 16.9 Å². The van der Waals surface area contributed by atoms with Crippen molar-refractivity contribution in [2.45, 2.75) is 46.6 Å². The summed E-state index contributed by atoms with van der Waals surface area (Å²) in [4.78, 5) is 12.1. The maximum atomic E-state index is 12.1. The topological polar surface area (TPSA) is 42.2 Å². The van der Waals surface area contributed by atoms with E-state index in [4.69, 9.17) is 4.42 Å². The number of furan rings is 1. The summed E-state index contributed by atoms with van der Waals surface area (Å²) >= 11 is 3.39. The van der Waals surface area contributed by atoms with Crippen molar-refractivity contribution in [3.8, 4) is 0 Å². The number of hydrogen-bond acceptors (Lipinski definition) is 2. The highest BCUT2D eigenvalue weighted by atomic mass is 79.9. The van der Waals surface area contributed by atoms with Crippen LogP contribution in [0.2, 0.25) is 0 Å². The largest absolute Gasteiger partial charge is 0.466 e. The van der Waals surface area contributed by atoms with Crippen LogP contribution < -0.4 is 5.32 Å². The Labute approximate surface area is 111 Å². The van der Waals surface area contributed by atoms with E-state index in [0.717, 1.165) is 29.5 Å². The van der Waals surface area contributed by atoms with E-state index >= 15 is 0 Å². The molecule has 1 heterocycles. The third-order valence-corrected chi connectivity index (χ3v) is 3.50. The van der Waals surface area contributed by atoms with Gasteiger partial charge in [0.25, 0.3) is 5.91 Å². The summed E-state index contributed by atoms with van der Waals surface area (Å²) in [6, 6.07) is 0.189. The summed E-state index contributed by atoms with van der Waals surface area (Å²) in [6.07, 6.45) is 2.04. The molecule has 0 aliphatic heterocycles. The number of amides is 1. The molecule has 0 aliphatic rings. The number of nitrogens with one attached hydrogen (secondary N) is 1. The van der Waals surface area contributed by atoms with E-state index in [-0.39, 0.29) is 11.9 Å². The van der Waals surface area contributed by atoms with Gasteiger partial charge < -0.3 is 9.73 Å². The molecule has 1 rings (SSSR count). The molecule has 17 heavy (non-hydrogen) atoms. The highest BCUT2D eigenvalue weighted by molar-refractivity contribution is 9.09. The van der Waals surface area contributed by atoms with Crippen molar-refractivity contribution < 1.29 is 9.21 Å². The van der Waals surface area contributed by atoms with E-state index in [1.807, 2.05) is 27.7 Å². The summed E-state index contributed by atoms with van der Waals surface area (Å²) < 4.78 is 5.46. The summed E-state index contributed by atoms with van der Waals surface area (Å²) in [5.74, 6) is 1.49. The quantitative estimate of drug-likeness (QED) is 0.846. The maximum Gasteiger partial charge on any atom is 0.255 e. The fraction of sp³-hybridized carbons (Fsp3) is 0.615. The first kappa shape index (κ1) is 14.3. The average molecular weight is 302 g/mol. The Bertz CT molecular complexity index is 398. The lowest BCUT2D eigenvalue weighted by Gasteiger charge is -2.13. The first-order chi connectivity index (χ1) is 7.97. The molecule has 0 saturated carbocycles. The van der Waals surface area contributed by atoms with Gasteiger partial charge in [0.2, 0.25) is 0 Å². The van der Waals surface area contributed by atoms with Gasteiger partial charge in [-0.15, -0.1) is 0 Å². The molecule has 0 aliphatic carbocycles. The molecule has 0 radical (unpaired) electrons. The summed E-state index contributed by atoms with van der Waals surface area (Å²) in [6.45, 7) is 7.66. The lowest BCUT2D eigenvalue weighted by molar-refractivity contribution is 0.0936. The molecule has 1 aromatic rings. The minimum Gasteiger partial charge on any atom is -0.466 e. The molecule has 4 heteroatoms. The number of halogens is 1. The van der Waals surface area contributed by atoms with Gasteiger partial charge in [-0.2, -0.15) is 0 Å². The second-order valence-electron chi connectivity index (χ2n) is 4.42. The van der Waals surface area contributed by atoms with Crippen molar-refractivity contribution in [3.63, 3.8) is 0 Å². The zero-order valence-electron chi connectivity index (χ0n) is 10.9. The first-order valence-corrected chi connectivity index (χ1v) is 7.03. The second kappa shape index (κ2) is 6.24. The van der Waals surface area contributed by atoms with Crippen LogP contribution in [0.1, 0.15) is 47.2 Å². The predicted molar refractivity (Wildman–Crippen MR) is 72.9 cm³/mol. The van der Waals surface area contributed by atoms with Crippen LogP contribution in [0.15, 0.2) is 4.42 Å². The highest BCUT2D eigenvalue weighted by Crippen LogP contribution is 2.20. The molecular weight excluding hydrogens is 282 g/mol. The molecule has 0 saturated heterocycles. The Morgan fingerprint density at radius 3 is 2.47 bits per heavy atom. The van der Waals surface area contributed by atoms with E-state index in [2.05, 4.69) is 21.2 Å². The van der Waals surface area contributed by atoms with Crippen LogP contribution in [0, 0.1) is 20.8 Å². The zero-order chi connectivity index (χ0) is 13.0. The number of hydrogen-bond donors (Lipinski definition) is 1. The molecule has 1 N–H and O–H groups in total. The van der Waals surface area contributed by atoms with Crippen molar-refractivity contribution in [1.82, 2.24) is 5.32 Å². The van der Waals surface area contributed by atoms with Crippen LogP contribution >= 0.6 is 15.9 Å². The third-order valence-electron chi connectivity index (χ3n) is 2.94. The molecule has 1 aromatic heterocycles. The van der Waals surface area contributed by atoms with Gasteiger partial charge in [0.1, 0.15) is 11.5 Å². The maximum absolute atomic E-state index is 12.1. The number of carbonyl (C=O) groups excluding carboxylic acids is 1. The SMILES string of the molecule is Cc1oc(C)c(C(=O)NC(C)CCCBr)c1C. The monoisotopic (exact) mass is 301 g/mol. The van der Waals surface area contributed by atoms with Gasteiger partial charge in [-0.3, -0.25) is 4.79 Å². The van der Waals surface area contributed by atoms with Crippen molar-refractivity contribution in [2.75, 3.05) is 5.33 Å². The molecule has 96 valence electrons. The fourth-order valence-electron chi connectivity index (χ4n) is 1.88. The Balaban J connectivity index is 2.70. The van der Waals surface area contributed by atoms with Crippen LogP contribution in [0.5, 0.6) is 0 Å². The van der Waals surface area contributed by atoms with Crippen molar-refractivity contribution in [2.24, 2.45) is 0 Å². The standard InChI is InChI=1S/C13H20BrNO2/c1-8(6-5-7-14)15-13(16)12-9(2)10(3)17-11(12)4/h8H,5-7H2,1-4H3,(H,15,16). The number of alkyl halides is 1. The van der Waals surface area contributed by atoms with Crippen LogP contribution in [0.25, 0.3) is 0 Å². The zero-order valence-corrected chi connectivity index (χ0v) is 12.5. The molecule has 1 amide bonds. The molecule has 3 nitrogen and oxygen atoms in total. The van der Waals surface area contributed by atoms with Crippen molar-refractivity contribution >= 4 is 21.8 Å². The van der Waals surface area contributed by atoms with Crippen molar-refractivity contribution in [3.05, 3.63) is 22.6 Å². The number of aryl methyl sites for hydroxylation is 2. The smallest absolute Gasteiger partial charge is 0.255 e. The fourth-order valence-corrected chi connectivity index (χ4v) is 2.20. The number of rotatable bonds is 5. The van der Waals surface area contributed by atoms with Gasteiger partial charge in [-0.05, 0) is 40.5 Å². The minimum atomic E-state index is -0.0288. The molecule has 1 unspecified atom stereocenters. The van der Waals surface area contributed by atoms with Crippen LogP contribution in [-0.4, -0.2) is 17.3 Å². The Kier molecular flexibility index (Phi) is 5.25. The van der Waals surface area contributed by atoms with Gasteiger partial charge in [-0.25, -0.2) is 0 Å². The molecule has 0 bridgehead atoms. The van der Waals surface area contributed by atoms with Gasteiger partial charge in [-0.1, -0.05) is 15.9 Å². The first-order valence-electron chi connectivity index (χ1n) is 5.90. The molecule has 0 fully saturated rings. The molecular formula is C13H20BrNO2. The van der Waals surface area contributed by atoms with Crippen LogP contribution in [0.4, 0.5) is 0 Å². The van der Waals surface area contributed by atoms with E-state index in [1.54, 1.807) is 0 Å². The summed E-state index contributed by atoms with van der Waals surface area (Å²) in [5, 5.41) is 3.97. The lowest BCUT2D eigenvalue weighted by Crippen LogP contribution is -2.33. The van der Waals surface area contributed by atoms with E-state index in [0.29, 0.717) is 11.3 Å². The average Bonchev–Trinajstić information content (AvgIpc) is 2.50. The van der Waals surface area contributed by atoms with E-state index in [9.17, 15) is 4.79 Å². The van der Waals surface area contributed by atoms with Gasteiger partial charge >= 0.3 is 0 Å². The van der Waals surface area contributed by atoms with Crippen LogP contribution in [0.3, 0.4) is 0 Å². The summed E-state index contributed by atoms with van der Waals surface area (Å²) in [5.41, 5.74) is 1.63. The minimum absolute atomic E-state index is 0.0288. The predicted octanol–water partition coefficient (Wildman–Crippen LogP) is 3.50. The Hall–Kier alpha value is -0.770. The van der Waals surface area contributed by atoms with E-state index in [1.165, 1.54) is 0 Å². The summed E-state index contributed by atoms with van der Waals surface area (Å²) in [7, 11) is 0. The lowest BCUT2D eigenvalue weighted by atomic mass is 10.1. The molecule has 0 spiro atoms. The van der Waals surface area contributed by atoms with Gasteiger partial charge in [0.15, 0.2) is 0 Å². The highest BCUT2D eigenvalue weighted by Gasteiger charge is 2.19. The van der Waals surface area contributed by atoms with Crippen LogP contribution in [-0.2, 0) is 0 Å². The Morgan fingerprint density at radius 2 is 2.00 bits per heavy atom. The van der Waals surface area contributed by atoms with E-state index < -0.39 is 0 Å². The normalized spacial score (nSPS) is 12.5. The molecule has 1 atom stereocenters. The van der Waals surface area contributed by atoms with Gasteiger partial charge in [0.05, 0.1) is 5.56 Å². The Morgan fingerprint density at radius 1 is 1.35 bits per heavy atom. The third kappa shape index (κ3) is 3.60. The second-order valence-corrected chi connectivity index (χ2v) is 5.21. The molecule has 0 aromatic carbocycles. The number of carbonyl (C=O) groups is 1.